The third-order valence-corrected chi connectivity index (χ3v) is 2.20. The molecule has 0 aromatic carbocycles. The average molecular weight is 178 g/mol. The molecule has 13 heavy (non-hydrogen) atoms. The van der Waals surface area contributed by atoms with Gasteiger partial charge in [-0.3, -0.25) is 0 Å². The van der Waals surface area contributed by atoms with E-state index in [1.165, 1.54) is 31.4 Å². The number of allylic oxidation sites excluding steroid dienone is 1. The van der Waals surface area contributed by atoms with Gasteiger partial charge in [0.15, 0.2) is 0 Å². The van der Waals surface area contributed by atoms with Crippen LogP contribution in [-0.2, 0) is 0 Å². The molecular formula is C11H18N2. The first kappa shape index (κ1) is 10.2. The maximum absolute atomic E-state index is 4.23. The summed E-state index contributed by atoms with van der Waals surface area (Å²) in [6.07, 6.45) is 13.1. The van der Waals surface area contributed by atoms with Crippen LogP contribution in [0.25, 0.3) is 0 Å². The lowest BCUT2D eigenvalue weighted by atomic mass is 10.1. The van der Waals surface area contributed by atoms with Crippen molar-refractivity contribution in [2.24, 2.45) is 9.98 Å². The molecule has 0 aromatic heterocycles. The molecule has 0 spiro atoms. The molecule has 0 saturated heterocycles. The summed E-state index contributed by atoms with van der Waals surface area (Å²) in [4.78, 5) is 8.29. The summed E-state index contributed by atoms with van der Waals surface area (Å²) in [5.41, 5.74) is 1.19. The van der Waals surface area contributed by atoms with E-state index in [9.17, 15) is 0 Å². The molecule has 2 heteroatoms. The lowest BCUT2D eigenvalue weighted by Gasteiger charge is -2.00. The van der Waals surface area contributed by atoms with Gasteiger partial charge in [0.2, 0.25) is 0 Å². The van der Waals surface area contributed by atoms with Crippen LogP contribution in [0.5, 0.6) is 0 Å². The minimum atomic E-state index is 1.12. The maximum atomic E-state index is 4.23. The predicted octanol–water partition coefficient (Wildman–Crippen LogP) is 3.34. The lowest BCUT2D eigenvalue weighted by molar-refractivity contribution is 0.658. The Morgan fingerprint density at radius 3 is 2.92 bits per heavy atom. The van der Waals surface area contributed by atoms with Crippen molar-refractivity contribution in [1.29, 1.82) is 0 Å². The largest absolute Gasteiger partial charge is 0.246 e. The molecule has 2 nitrogen and oxygen atoms in total. The molecule has 0 unspecified atom stereocenters. The number of nitrogens with zero attached hydrogens (tertiary/aromatic N) is 2. The van der Waals surface area contributed by atoms with Gasteiger partial charge in [-0.25, -0.2) is 9.98 Å². The van der Waals surface area contributed by atoms with Crippen molar-refractivity contribution in [3.05, 3.63) is 12.3 Å². The molecule has 0 atom stereocenters. The van der Waals surface area contributed by atoms with Crippen LogP contribution in [0.4, 0.5) is 0 Å². The third-order valence-electron chi connectivity index (χ3n) is 2.20. The molecule has 0 aliphatic carbocycles. The van der Waals surface area contributed by atoms with Crippen molar-refractivity contribution >= 4 is 12.1 Å². The van der Waals surface area contributed by atoms with E-state index in [0.29, 0.717) is 0 Å². The number of rotatable bonds is 0. The van der Waals surface area contributed by atoms with E-state index < -0.39 is 0 Å². The summed E-state index contributed by atoms with van der Waals surface area (Å²) in [6, 6.07) is 0. The Labute approximate surface area is 80.5 Å². The Morgan fingerprint density at radius 2 is 2.00 bits per heavy atom. The van der Waals surface area contributed by atoms with Crippen LogP contribution >= 0.6 is 0 Å². The Balaban J connectivity index is 2.45. The minimum absolute atomic E-state index is 1.12. The van der Waals surface area contributed by atoms with Crippen molar-refractivity contribution in [3.8, 4) is 0 Å². The second kappa shape index (κ2) is 6.58. The molecular weight excluding hydrogens is 160 g/mol. The smallest absolute Gasteiger partial charge is 0.115 e. The monoisotopic (exact) mass is 178 g/mol. The number of hydrogen-bond acceptors (Lipinski definition) is 2. The molecule has 0 N–H and O–H groups in total. The summed E-state index contributed by atoms with van der Waals surface area (Å²) in [5, 5.41) is 0. The van der Waals surface area contributed by atoms with Gasteiger partial charge in [-0.2, -0.15) is 0 Å². The summed E-state index contributed by atoms with van der Waals surface area (Å²) < 4.78 is 0. The SMILES string of the molecule is CC1=NC=N/C=C/CCCCCC1. The van der Waals surface area contributed by atoms with Crippen molar-refractivity contribution in [2.75, 3.05) is 0 Å². The zero-order chi connectivity index (χ0) is 9.36. The van der Waals surface area contributed by atoms with E-state index in [4.69, 9.17) is 0 Å². The van der Waals surface area contributed by atoms with Crippen LogP contribution in [0.15, 0.2) is 22.3 Å². The second-order valence-electron chi connectivity index (χ2n) is 3.47. The zero-order valence-corrected chi connectivity index (χ0v) is 8.37. The van der Waals surface area contributed by atoms with Gasteiger partial charge in [0.1, 0.15) is 6.34 Å². The van der Waals surface area contributed by atoms with Crippen molar-refractivity contribution in [3.63, 3.8) is 0 Å². The van der Waals surface area contributed by atoms with E-state index in [-0.39, 0.29) is 0 Å². The van der Waals surface area contributed by atoms with Gasteiger partial charge >= 0.3 is 0 Å². The molecule has 0 saturated carbocycles. The van der Waals surface area contributed by atoms with E-state index in [2.05, 4.69) is 23.0 Å². The highest BCUT2D eigenvalue weighted by Crippen LogP contribution is 2.07. The average Bonchev–Trinajstić information content (AvgIpc) is 2.11. The summed E-state index contributed by atoms with van der Waals surface area (Å²) in [7, 11) is 0. The molecule has 1 heterocycles. The van der Waals surface area contributed by atoms with Crippen molar-refractivity contribution < 1.29 is 0 Å². The van der Waals surface area contributed by atoms with Crippen LogP contribution in [0.2, 0.25) is 0 Å². The van der Waals surface area contributed by atoms with Gasteiger partial charge in [-0.15, -0.1) is 0 Å². The first-order valence-electron chi connectivity index (χ1n) is 5.09. The fourth-order valence-corrected chi connectivity index (χ4v) is 1.37. The highest BCUT2D eigenvalue weighted by molar-refractivity contribution is 5.88. The molecule has 1 aliphatic rings. The highest BCUT2D eigenvalue weighted by atomic mass is 14.8. The first-order valence-corrected chi connectivity index (χ1v) is 5.09. The quantitative estimate of drug-likeness (QED) is 0.543. The third kappa shape index (κ3) is 5.34. The van der Waals surface area contributed by atoms with Gasteiger partial charge in [0.25, 0.3) is 0 Å². The van der Waals surface area contributed by atoms with Crippen molar-refractivity contribution in [1.82, 2.24) is 0 Å². The van der Waals surface area contributed by atoms with Crippen LogP contribution in [0.3, 0.4) is 0 Å². The fraction of sp³-hybridized carbons (Fsp3) is 0.636. The molecule has 1 aliphatic heterocycles. The van der Waals surface area contributed by atoms with Crippen LogP contribution in [0.1, 0.15) is 45.4 Å². The normalized spacial score (nSPS) is 22.7. The van der Waals surface area contributed by atoms with Crippen LogP contribution in [-0.4, -0.2) is 12.1 Å². The summed E-state index contributed by atoms with van der Waals surface area (Å²) in [6.45, 7) is 2.07. The van der Waals surface area contributed by atoms with Gasteiger partial charge in [0.05, 0.1) is 0 Å². The Morgan fingerprint density at radius 1 is 1.15 bits per heavy atom. The molecule has 0 radical (unpaired) electrons. The fourth-order valence-electron chi connectivity index (χ4n) is 1.37. The Hall–Kier alpha value is -0.920. The predicted molar refractivity (Wildman–Crippen MR) is 58.4 cm³/mol. The van der Waals surface area contributed by atoms with Gasteiger partial charge < -0.3 is 0 Å². The van der Waals surface area contributed by atoms with Gasteiger partial charge in [-0.1, -0.05) is 18.9 Å². The molecule has 0 amide bonds. The zero-order valence-electron chi connectivity index (χ0n) is 8.37. The first-order chi connectivity index (χ1) is 6.39. The van der Waals surface area contributed by atoms with E-state index in [1.807, 2.05) is 6.20 Å². The highest BCUT2D eigenvalue weighted by Gasteiger charge is 1.93. The number of hydrogen-bond donors (Lipinski definition) is 0. The molecule has 0 bridgehead atoms. The molecule has 0 fully saturated rings. The second-order valence-corrected chi connectivity index (χ2v) is 3.47. The summed E-state index contributed by atoms with van der Waals surface area (Å²) in [5.74, 6) is 0. The maximum Gasteiger partial charge on any atom is 0.115 e. The van der Waals surface area contributed by atoms with E-state index >= 15 is 0 Å². The Kier molecular flexibility index (Phi) is 5.14. The lowest BCUT2D eigenvalue weighted by Crippen LogP contribution is -1.92. The Bertz CT molecular complexity index is 214. The number of aliphatic imine (C=N–C) groups is 2. The molecule has 0 aromatic rings. The summed E-state index contributed by atoms with van der Waals surface area (Å²) >= 11 is 0. The van der Waals surface area contributed by atoms with E-state index in [0.717, 1.165) is 12.8 Å². The van der Waals surface area contributed by atoms with E-state index in [1.54, 1.807) is 6.34 Å². The minimum Gasteiger partial charge on any atom is -0.246 e. The van der Waals surface area contributed by atoms with Crippen LogP contribution in [0, 0.1) is 0 Å². The van der Waals surface area contributed by atoms with Crippen molar-refractivity contribution in [2.45, 2.75) is 45.4 Å². The molecule has 72 valence electrons. The standard InChI is InChI=1S/C11H18N2/c1-11-8-6-4-2-3-5-7-9-12-10-13-11/h7,9-10H,2-6,8H2,1H3/b9-7+,12-10?,13-11?. The van der Waals surface area contributed by atoms with Gasteiger partial charge in [0, 0.05) is 11.9 Å². The topological polar surface area (TPSA) is 24.7 Å². The van der Waals surface area contributed by atoms with Crippen LogP contribution < -0.4 is 0 Å². The molecule has 1 rings (SSSR count). The van der Waals surface area contributed by atoms with Gasteiger partial charge in [-0.05, 0) is 32.6 Å².